The molecule has 0 atom stereocenters. The first-order valence-corrected chi connectivity index (χ1v) is 11.7. The first kappa shape index (κ1) is 26.0. The van der Waals surface area contributed by atoms with E-state index < -0.39 is 29.5 Å². The van der Waals surface area contributed by atoms with Gasteiger partial charge in [-0.3, -0.25) is 19.8 Å². The molecule has 0 bridgehead atoms. The summed E-state index contributed by atoms with van der Waals surface area (Å²) in [6.45, 7) is 3.85. The predicted octanol–water partition coefficient (Wildman–Crippen LogP) is 6.00. The minimum atomic E-state index is -4.61. The van der Waals surface area contributed by atoms with E-state index in [-0.39, 0.29) is 11.4 Å². The molecule has 0 saturated carbocycles. The molecule has 0 aliphatic heterocycles. The van der Waals surface area contributed by atoms with Crippen LogP contribution in [0.15, 0.2) is 71.2 Å². The van der Waals surface area contributed by atoms with E-state index in [4.69, 9.17) is 0 Å². The van der Waals surface area contributed by atoms with Crippen LogP contribution in [-0.2, 0) is 15.8 Å². The second-order valence-electron chi connectivity index (χ2n) is 8.29. The van der Waals surface area contributed by atoms with E-state index in [0.717, 1.165) is 38.5 Å². The van der Waals surface area contributed by atoms with Crippen molar-refractivity contribution in [1.82, 2.24) is 4.68 Å². The number of rotatable bonds is 4. The van der Waals surface area contributed by atoms with E-state index in [1.807, 2.05) is 19.9 Å². The minimum absolute atomic E-state index is 0.0338. The maximum Gasteiger partial charge on any atom is 0.416 e. The van der Waals surface area contributed by atoms with Crippen LogP contribution in [0.3, 0.4) is 0 Å². The Hall–Kier alpha value is -4.12. The highest BCUT2D eigenvalue weighted by Gasteiger charge is 2.30. The standard InChI is InChI=1S/C26H20BrF3N4O3/c1-14-6-8-20(10-15(14)2)31-23(35)22-12-16-11-18(27)7-9-21(16)34(22)33-25(37)24(36)32-19-5-3-4-17(13-19)26(28,29)30/h3-13H,1-2H3,(H,31,35)(H,32,36)(H,33,37). The minimum Gasteiger partial charge on any atom is -0.321 e. The van der Waals surface area contributed by atoms with Gasteiger partial charge in [-0.05, 0) is 79.6 Å². The molecule has 7 nitrogen and oxygen atoms in total. The predicted molar refractivity (Wildman–Crippen MR) is 138 cm³/mol. The number of aromatic nitrogens is 1. The Bertz CT molecular complexity index is 1550. The maximum absolute atomic E-state index is 13.2. The second-order valence-corrected chi connectivity index (χ2v) is 9.21. The van der Waals surface area contributed by atoms with Crippen molar-refractivity contribution in [2.45, 2.75) is 20.0 Å². The van der Waals surface area contributed by atoms with Crippen molar-refractivity contribution in [2.24, 2.45) is 0 Å². The highest BCUT2D eigenvalue weighted by atomic mass is 79.9. The van der Waals surface area contributed by atoms with Gasteiger partial charge < -0.3 is 10.6 Å². The zero-order valence-electron chi connectivity index (χ0n) is 19.5. The van der Waals surface area contributed by atoms with Crippen LogP contribution in [0.4, 0.5) is 24.5 Å². The molecule has 0 spiro atoms. The molecule has 4 rings (SSSR count). The van der Waals surface area contributed by atoms with Crippen molar-refractivity contribution in [3.05, 3.63) is 93.6 Å². The van der Waals surface area contributed by atoms with Gasteiger partial charge in [-0.1, -0.05) is 28.1 Å². The molecule has 0 saturated heterocycles. The number of anilines is 2. The van der Waals surface area contributed by atoms with Crippen LogP contribution in [0.1, 0.15) is 27.2 Å². The number of benzene rings is 3. The molecule has 3 aromatic carbocycles. The molecule has 0 radical (unpaired) electrons. The molecule has 1 heterocycles. The summed E-state index contributed by atoms with van der Waals surface area (Å²) in [4.78, 5) is 38.4. The van der Waals surface area contributed by atoms with Gasteiger partial charge in [0, 0.05) is 21.2 Å². The van der Waals surface area contributed by atoms with Crippen LogP contribution in [0.25, 0.3) is 10.9 Å². The van der Waals surface area contributed by atoms with Crippen LogP contribution in [0.2, 0.25) is 0 Å². The summed E-state index contributed by atoms with van der Waals surface area (Å²) in [6, 6.07) is 15.9. The smallest absolute Gasteiger partial charge is 0.321 e. The number of amides is 3. The molecule has 3 amide bonds. The average Bonchev–Trinajstić information content (AvgIpc) is 3.18. The Morgan fingerprint density at radius 3 is 2.24 bits per heavy atom. The lowest BCUT2D eigenvalue weighted by molar-refractivity contribution is -0.137. The molecule has 37 heavy (non-hydrogen) atoms. The number of hydrogen-bond acceptors (Lipinski definition) is 3. The topological polar surface area (TPSA) is 92.2 Å². The Balaban J connectivity index is 1.61. The molecule has 3 N–H and O–H groups in total. The van der Waals surface area contributed by atoms with Crippen LogP contribution in [-0.4, -0.2) is 22.4 Å². The van der Waals surface area contributed by atoms with Crippen molar-refractivity contribution in [1.29, 1.82) is 0 Å². The molecule has 0 fully saturated rings. The number of carbonyl (C=O) groups is 3. The summed E-state index contributed by atoms with van der Waals surface area (Å²) in [6.07, 6.45) is -4.61. The van der Waals surface area contributed by atoms with Gasteiger partial charge in [0.25, 0.3) is 5.91 Å². The number of halogens is 4. The SMILES string of the molecule is Cc1ccc(NC(=O)c2cc3cc(Br)ccc3n2NC(=O)C(=O)Nc2cccc(C(F)(F)F)c2)cc1C. The number of carbonyl (C=O) groups excluding carboxylic acids is 3. The molecule has 0 aliphatic rings. The third-order valence-corrected chi connectivity index (χ3v) is 6.12. The number of fused-ring (bicyclic) bond motifs is 1. The van der Waals surface area contributed by atoms with Gasteiger partial charge in [0.15, 0.2) is 0 Å². The highest BCUT2D eigenvalue weighted by Crippen LogP contribution is 2.30. The van der Waals surface area contributed by atoms with Crippen molar-refractivity contribution >= 4 is 55.9 Å². The number of nitrogens with zero attached hydrogens (tertiary/aromatic N) is 1. The fraction of sp³-hybridized carbons (Fsp3) is 0.115. The molecular formula is C26H20BrF3N4O3. The number of hydrogen-bond donors (Lipinski definition) is 3. The van der Waals surface area contributed by atoms with Gasteiger partial charge >= 0.3 is 18.0 Å². The maximum atomic E-state index is 13.2. The zero-order chi connectivity index (χ0) is 26.9. The Labute approximate surface area is 217 Å². The third-order valence-electron chi connectivity index (χ3n) is 5.63. The summed E-state index contributed by atoms with van der Waals surface area (Å²) in [5, 5.41) is 5.52. The van der Waals surface area contributed by atoms with Crippen LogP contribution in [0, 0.1) is 13.8 Å². The number of aryl methyl sites for hydroxylation is 2. The van der Waals surface area contributed by atoms with E-state index in [0.29, 0.717) is 16.6 Å². The first-order valence-electron chi connectivity index (χ1n) is 10.9. The summed E-state index contributed by atoms with van der Waals surface area (Å²) >= 11 is 3.36. The molecular weight excluding hydrogens is 553 g/mol. The van der Waals surface area contributed by atoms with Gasteiger partial charge in [-0.15, -0.1) is 0 Å². The number of nitrogens with one attached hydrogen (secondary N) is 3. The van der Waals surface area contributed by atoms with Crippen molar-refractivity contribution in [3.63, 3.8) is 0 Å². The van der Waals surface area contributed by atoms with E-state index in [1.165, 1.54) is 6.07 Å². The summed E-state index contributed by atoms with van der Waals surface area (Å²) < 4.78 is 40.8. The Morgan fingerprint density at radius 1 is 0.811 bits per heavy atom. The van der Waals surface area contributed by atoms with Crippen LogP contribution >= 0.6 is 15.9 Å². The molecule has 11 heteroatoms. The van der Waals surface area contributed by atoms with Gasteiger partial charge in [0.2, 0.25) is 0 Å². The van der Waals surface area contributed by atoms with E-state index in [2.05, 4.69) is 32.0 Å². The first-order chi connectivity index (χ1) is 17.4. The van der Waals surface area contributed by atoms with Crippen molar-refractivity contribution < 1.29 is 27.6 Å². The summed E-state index contributed by atoms with van der Waals surface area (Å²) in [5.74, 6) is -2.94. The van der Waals surface area contributed by atoms with E-state index in [1.54, 1.807) is 36.4 Å². The molecule has 1 aromatic heterocycles. The zero-order valence-corrected chi connectivity index (χ0v) is 21.1. The largest absolute Gasteiger partial charge is 0.416 e. The summed E-state index contributed by atoms with van der Waals surface area (Å²) in [7, 11) is 0. The van der Waals surface area contributed by atoms with E-state index >= 15 is 0 Å². The fourth-order valence-electron chi connectivity index (χ4n) is 3.60. The highest BCUT2D eigenvalue weighted by molar-refractivity contribution is 9.10. The Morgan fingerprint density at radius 2 is 1.54 bits per heavy atom. The van der Waals surface area contributed by atoms with E-state index in [9.17, 15) is 27.6 Å². The fourth-order valence-corrected chi connectivity index (χ4v) is 3.98. The second kappa shape index (κ2) is 10.1. The normalized spacial score (nSPS) is 11.3. The van der Waals surface area contributed by atoms with Gasteiger partial charge in [-0.25, -0.2) is 4.68 Å². The average molecular weight is 573 g/mol. The molecule has 0 unspecified atom stereocenters. The lowest BCUT2D eigenvalue weighted by Gasteiger charge is -2.14. The molecule has 190 valence electrons. The molecule has 0 aliphatic carbocycles. The van der Waals surface area contributed by atoms with Gasteiger partial charge in [-0.2, -0.15) is 13.2 Å². The lowest BCUT2D eigenvalue weighted by Crippen LogP contribution is -2.36. The quantitative estimate of drug-likeness (QED) is 0.262. The van der Waals surface area contributed by atoms with Gasteiger partial charge in [0.05, 0.1) is 11.1 Å². The van der Waals surface area contributed by atoms with Crippen LogP contribution in [0.5, 0.6) is 0 Å². The van der Waals surface area contributed by atoms with Gasteiger partial charge in [0.1, 0.15) is 5.69 Å². The number of alkyl halides is 3. The summed E-state index contributed by atoms with van der Waals surface area (Å²) in [5.41, 5.74) is 4.22. The monoisotopic (exact) mass is 572 g/mol. The van der Waals surface area contributed by atoms with Crippen molar-refractivity contribution in [3.8, 4) is 0 Å². The lowest BCUT2D eigenvalue weighted by atomic mass is 10.1. The van der Waals surface area contributed by atoms with Crippen molar-refractivity contribution in [2.75, 3.05) is 16.1 Å². The van der Waals surface area contributed by atoms with Crippen LogP contribution < -0.4 is 16.1 Å². The Kier molecular flexibility index (Phi) is 7.08. The molecule has 4 aromatic rings. The third kappa shape index (κ3) is 5.83.